The normalized spacial score (nSPS) is 17.5. The summed E-state index contributed by atoms with van der Waals surface area (Å²) < 4.78 is 32.4. The molecule has 1 aliphatic heterocycles. The highest BCUT2D eigenvalue weighted by molar-refractivity contribution is 7.89. The maximum absolute atomic E-state index is 12.7. The number of halogens is 1. The molecule has 0 saturated carbocycles. The van der Waals surface area contributed by atoms with E-state index in [-0.39, 0.29) is 9.92 Å². The van der Waals surface area contributed by atoms with E-state index in [1.807, 2.05) is 19.1 Å². The Labute approximate surface area is 141 Å². The number of hydrogen-bond donors (Lipinski definition) is 0. The molecule has 124 valence electrons. The minimum Gasteiger partial charge on any atom is -0.465 e. The lowest BCUT2D eigenvalue weighted by molar-refractivity contribution is 0.170. The van der Waals surface area contributed by atoms with Gasteiger partial charge < -0.3 is 4.42 Å². The molecule has 0 unspecified atom stereocenters. The molecule has 1 aliphatic rings. The molecule has 0 atom stereocenters. The van der Waals surface area contributed by atoms with Gasteiger partial charge in [0.1, 0.15) is 16.4 Å². The van der Waals surface area contributed by atoms with Gasteiger partial charge in [-0.2, -0.15) is 4.31 Å². The quantitative estimate of drug-likeness (QED) is 0.847. The number of hydrogen-bond acceptors (Lipinski definition) is 4. The van der Waals surface area contributed by atoms with E-state index in [0.29, 0.717) is 32.7 Å². The lowest BCUT2D eigenvalue weighted by atomic mass is 10.3. The third kappa shape index (κ3) is 3.61. The van der Waals surface area contributed by atoms with Gasteiger partial charge in [-0.3, -0.25) is 4.90 Å². The van der Waals surface area contributed by atoms with Crippen LogP contribution in [0.2, 0.25) is 5.02 Å². The van der Waals surface area contributed by atoms with Gasteiger partial charge in [0.2, 0.25) is 10.0 Å². The summed E-state index contributed by atoms with van der Waals surface area (Å²) in [5.41, 5.74) is 0. The molecule has 23 heavy (non-hydrogen) atoms. The maximum atomic E-state index is 12.7. The summed E-state index contributed by atoms with van der Waals surface area (Å²) in [7, 11) is -3.53. The van der Waals surface area contributed by atoms with Crippen molar-refractivity contribution in [3.05, 3.63) is 52.9 Å². The van der Waals surface area contributed by atoms with Crippen LogP contribution in [-0.4, -0.2) is 43.8 Å². The molecule has 1 fully saturated rings. The van der Waals surface area contributed by atoms with Gasteiger partial charge in [0.15, 0.2) is 0 Å². The van der Waals surface area contributed by atoms with Crippen molar-refractivity contribution in [1.82, 2.24) is 9.21 Å². The number of piperazine rings is 1. The number of sulfonamides is 1. The van der Waals surface area contributed by atoms with Crippen LogP contribution in [-0.2, 0) is 16.6 Å². The monoisotopic (exact) mass is 354 g/mol. The zero-order chi connectivity index (χ0) is 16.4. The molecule has 0 radical (unpaired) electrons. The molecular weight excluding hydrogens is 336 g/mol. The van der Waals surface area contributed by atoms with Crippen LogP contribution >= 0.6 is 11.6 Å². The Morgan fingerprint density at radius 2 is 1.78 bits per heavy atom. The molecule has 0 spiro atoms. The van der Waals surface area contributed by atoms with Gasteiger partial charge in [-0.05, 0) is 31.2 Å². The standard InChI is InChI=1S/C16H19ClN2O3S/c1-13-6-7-14(22-13)12-18-8-10-19(11-9-18)23(20,21)16-5-3-2-4-15(16)17/h2-7H,8-12H2,1H3. The SMILES string of the molecule is Cc1ccc(CN2CCN(S(=O)(=O)c3ccccc3Cl)CC2)o1. The van der Waals surface area contributed by atoms with Crippen molar-refractivity contribution in [2.24, 2.45) is 0 Å². The van der Waals surface area contributed by atoms with Gasteiger partial charge in [0, 0.05) is 26.2 Å². The van der Waals surface area contributed by atoms with Crippen molar-refractivity contribution >= 4 is 21.6 Å². The van der Waals surface area contributed by atoms with Crippen LogP contribution in [0.1, 0.15) is 11.5 Å². The van der Waals surface area contributed by atoms with Crippen LogP contribution in [0.4, 0.5) is 0 Å². The summed E-state index contributed by atoms with van der Waals surface area (Å²) in [5, 5.41) is 0.265. The van der Waals surface area contributed by atoms with E-state index >= 15 is 0 Å². The van der Waals surface area contributed by atoms with Crippen LogP contribution in [0.25, 0.3) is 0 Å². The van der Waals surface area contributed by atoms with E-state index < -0.39 is 10.0 Å². The molecule has 2 aromatic rings. The van der Waals surface area contributed by atoms with Gasteiger partial charge in [-0.15, -0.1) is 0 Å². The first-order valence-electron chi connectivity index (χ1n) is 7.49. The number of furan rings is 1. The van der Waals surface area contributed by atoms with E-state index in [9.17, 15) is 8.42 Å². The second kappa shape index (κ2) is 6.65. The molecule has 1 saturated heterocycles. The second-order valence-electron chi connectivity index (χ2n) is 5.62. The number of aryl methyl sites for hydroxylation is 1. The molecule has 1 aromatic carbocycles. The third-order valence-electron chi connectivity index (χ3n) is 3.96. The van der Waals surface area contributed by atoms with Gasteiger partial charge in [-0.25, -0.2) is 8.42 Å². The average Bonchev–Trinajstić information content (AvgIpc) is 2.93. The molecule has 0 amide bonds. The first-order valence-corrected chi connectivity index (χ1v) is 9.31. The van der Waals surface area contributed by atoms with E-state index in [1.54, 1.807) is 24.3 Å². The summed E-state index contributed by atoms with van der Waals surface area (Å²) >= 11 is 6.04. The number of rotatable bonds is 4. The lowest BCUT2D eigenvalue weighted by Gasteiger charge is -2.33. The van der Waals surface area contributed by atoms with Gasteiger partial charge in [-0.1, -0.05) is 23.7 Å². The smallest absolute Gasteiger partial charge is 0.244 e. The Balaban J connectivity index is 1.65. The Morgan fingerprint density at radius 1 is 1.09 bits per heavy atom. The van der Waals surface area contributed by atoms with Crippen LogP contribution in [0.3, 0.4) is 0 Å². The zero-order valence-electron chi connectivity index (χ0n) is 12.9. The molecule has 5 nitrogen and oxygen atoms in total. The van der Waals surface area contributed by atoms with E-state index in [2.05, 4.69) is 4.90 Å². The second-order valence-corrected chi connectivity index (χ2v) is 7.94. The van der Waals surface area contributed by atoms with Crippen molar-refractivity contribution in [3.63, 3.8) is 0 Å². The molecule has 0 aliphatic carbocycles. The third-order valence-corrected chi connectivity index (χ3v) is 6.36. The van der Waals surface area contributed by atoms with E-state index in [1.165, 1.54) is 4.31 Å². The molecule has 1 aromatic heterocycles. The topological polar surface area (TPSA) is 53.8 Å². The Morgan fingerprint density at radius 3 is 2.39 bits per heavy atom. The Hall–Kier alpha value is -1.34. The molecular formula is C16H19ClN2O3S. The maximum Gasteiger partial charge on any atom is 0.244 e. The predicted molar refractivity (Wildman–Crippen MR) is 88.9 cm³/mol. The molecule has 0 bridgehead atoms. The minimum atomic E-state index is -3.53. The summed E-state index contributed by atoms with van der Waals surface area (Å²) in [6.07, 6.45) is 0. The number of benzene rings is 1. The molecule has 2 heterocycles. The summed E-state index contributed by atoms with van der Waals surface area (Å²) in [6, 6.07) is 10.5. The lowest BCUT2D eigenvalue weighted by Crippen LogP contribution is -2.48. The van der Waals surface area contributed by atoms with Crippen molar-refractivity contribution in [2.45, 2.75) is 18.4 Å². The van der Waals surface area contributed by atoms with Crippen molar-refractivity contribution in [3.8, 4) is 0 Å². The fourth-order valence-electron chi connectivity index (χ4n) is 2.71. The largest absolute Gasteiger partial charge is 0.465 e. The van der Waals surface area contributed by atoms with E-state index in [0.717, 1.165) is 11.5 Å². The minimum absolute atomic E-state index is 0.178. The van der Waals surface area contributed by atoms with Crippen LogP contribution < -0.4 is 0 Å². The van der Waals surface area contributed by atoms with Gasteiger partial charge in [0.05, 0.1) is 11.6 Å². The average molecular weight is 355 g/mol. The van der Waals surface area contributed by atoms with Crippen molar-refractivity contribution in [1.29, 1.82) is 0 Å². The van der Waals surface area contributed by atoms with Gasteiger partial charge in [0.25, 0.3) is 0 Å². The van der Waals surface area contributed by atoms with E-state index in [4.69, 9.17) is 16.0 Å². The Kier molecular flexibility index (Phi) is 4.77. The first-order chi connectivity index (χ1) is 11.0. The first kappa shape index (κ1) is 16.5. The van der Waals surface area contributed by atoms with Crippen LogP contribution in [0.5, 0.6) is 0 Å². The molecule has 0 N–H and O–H groups in total. The summed E-state index contributed by atoms with van der Waals surface area (Å²) in [4.78, 5) is 2.37. The highest BCUT2D eigenvalue weighted by Crippen LogP contribution is 2.25. The van der Waals surface area contributed by atoms with Gasteiger partial charge >= 0.3 is 0 Å². The summed E-state index contributed by atoms with van der Waals surface area (Å²) in [5.74, 6) is 1.80. The van der Waals surface area contributed by atoms with Crippen molar-refractivity contribution < 1.29 is 12.8 Å². The highest BCUT2D eigenvalue weighted by Gasteiger charge is 2.30. The number of nitrogens with zero attached hydrogens (tertiary/aromatic N) is 2. The zero-order valence-corrected chi connectivity index (χ0v) is 14.5. The highest BCUT2D eigenvalue weighted by atomic mass is 35.5. The molecule has 7 heteroatoms. The van der Waals surface area contributed by atoms with Crippen LogP contribution in [0.15, 0.2) is 45.7 Å². The van der Waals surface area contributed by atoms with Crippen LogP contribution in [0, 0.1) is 6.92 Å². The van der Waals surface area contributed by atoms with Crippen molar-refractivity contribution in [2.75, 3.05) is 26.2 Å². The fraction of sp³-hybridized carbons (Fsp3) is 0.375. The Bertz CT molecular complexity index is 780. The predicted octanol–water partition coefficient (Wildman–Crippen LogP) is 2.75. The fourth-order valence-corrected chi connectivity index (χ4v) is 4.63. The summed E-state index contributed by atoms with van der Waals surface area (Å²) in [6.45, 7) is 4.86. The molecule has 3 rings (SSSR count).